The smallest absolute Gasteiger partial charge is 0.308 e. The summed E-state index contributed by atoms with van der Waals surface area (Å²) >= 11 is 0. The van der Waals surface area contributed by atoms with Crippen molar-refractivity contribution in [2.24, 2.45) is 0 Å². The lowest BCUT2D eigenvalue weighted by molar-refractivity contribution is -0.186. The maximum Gasteiger partial charge on any atom is 0.308 e. The van der Waals surface area contributed by atoms with Crippen LogP contribution in [0.1, 0.15) is 77.6 Å². The maximum absolute atomic E-state index is 11.3. The second kappa shape index (κ2) is 9.60. The number of hydrogen-bond donors (Lipinski definition) is 2. The number of carbonyl (C=O) groups excluding carboxylic acids is 1. The highest BCUT2D eigenvalue weighted by Gasteiger charge is 2.38. The Morgan fingerprint density at radius 2 is 1.87 bits per heavy atom. The van der Waals surface area contributed by atoms with Crippen molar-refractivity contribution >= 4 is 5.97 Å². The largest absolute Gasteiger partial charge is 0.462 e. The molecule has 0 saturated carbocycles. The molecule has 0 radical (unpaired) electrons. The number of rotatable bonds is 10. The molecule has 5 atom stereocenters. The zero-order valence-corrected chi connectivity index (χ0v) is 14.3. The van der Waals surface area contributed by atoms with Crippen molar-refractivity contribution in [1.82, 2.24) is 0 Å². The predicted octanol–water partition coefficient (Wildman–Crippen LogP) is 2.71. The molecule has 2 fully saturated rings. The summed E-state index contributed by atoms with van der Waals surface area (Å²) < 4.78 is 11.1. The topological polar surface area (TPSA) is 76.0 Å². The molecule has 2 bridgehead atoms. The van der Waals surface area contributed by atoms with Crippen LogP contribution in [-0.2, 0) is 14.3 Å². The molecule has 5 heteroatoms. The van der Waals surface area contributed by atoms with Crippen LogP contribution in [0.2, 0.25) is 0 Å². The molecule has 2 aliphatic rings. The van der Waals surface area contributed by atoms with E-state index in [-0.39, 0.29) is 24.3 Å². The van der Waals surface area contributed by atoms with Crippen molar-refractivity contribution in [1.29, 1.82) is 0 Å². The van der Waals surface area contributed by atoms with Gasteiger partial charge in [-0.3, -0.25) is 4.79 Å². The van der Waals surface area contributed by atoms with Gasteiger partial charge in [0.05, 0.1) is 30.8 Å². The fraction of sp³-hybridized carbons (Fsp3) is 0.944. The van der Waals surface area contributed by atoms with Crippen LogP contribution in [-0.4, -0.2) is 46.7 Å². The maximum atomic E-state index is 11.3. The van der Waals surface area contributed by atoms with Gasteiger partial charge in [-0.05, 0) is 19.3 Å². The van der Waals surface area contributed by atoms with Crippen molar-refractivity contribution in [3.8, 4) is 0 Å². The number of carbonyl (C=O) groups is 1. The molecule has 134 valence electrons. The van der Waals surface area contributed by atoms with Gasteiger partial charge >= 0.3 is 5.97 Å². The lowest BCUT2D eigenvalue weighted by Gasteiger charge is -2.39. The first-order valence-corrected chi connectivity index (χ1v) is 9.27. The van der Waals surface area contributed by atoms with E-state index >= 15 is 0 Å². The third-order valence-corrected chi connectivity index (χ3v) is 4.85. The molecule has 2 heterocycles. The Labute approximate surface area is 139 Å². The van der Waals surface area contributed by atoms with Crippen molar-refractivity contribution in [3.05, 3.63) is 0 Å². The van der Waals surface area contributed by atoms with Crippen LogP contribution in [0.4, 0.5) is 0 Å². The Hall–Kier alpha value is -0.650. The molecule has 0 aromatic heterocycles. The molecule has 2 rings (SSSR count). The number of unbranched alkanes of at least 4 members (excludes halogenated alkanes) is 4. The first kappa shape index (κ1) is 18.7. The summed E-state index contributed by atoms with van der Waals surface area (Å²) in [5, 5.41) is 20.2. The van der Waals surface area contributed by atoms with E-state index in [1.165, 1.54) is 19.3 Å². The third-order valence-electron chi connectivity index (χ3n) is 4.85. The van der Waals surface area contributed by atoms with Gasteiger partial charge in [-0.1, -0.05) is 39.0 Å². The van der Waals surface area contributed by atoms with Crippen LogP contribution in [0.5, 0.6) is 0 Å². The van der Waals surface area contributed by atoms with Gasteiger partial charge in [0, 0.05) is 12.8 Å². The van der Waals surface area contributed by atoms with Gasteiger partial charge < -0.3 is 19.7 Å². The van der Waals surface area contributed by atoms with E-state index in [4.69, 9.17) is 9.47 Å². The average molecular weight is 328 g/mol. The second-order valence-corrected chi connectivity index (χ2v) is 7.15. The minimum Gasteiger partial charge on any atom is -0.462 e. The summed E-state index contributed by atoms with van der Waals surface area (Å²) in [5.74, 6) is -0.177. The van der Waals surface area contributed by atoms with Gasteiger partial charge in [0.1, 0.15) is 6.10 Å². The van der Waals surface area contributed by atoms with Crippen LogP contribution >= 0.6 is 0 Å². The lowest BCUT2D eigenvalue weighted by Crippen LogP contribution is -2.44. The standard InChI is InChI=1S/C18H32O5/c1-2-3-4-5-6-7-13(19)8-14(20)9-15-10-16-11-17(22-15)12-18(21)23-16/h13-17,19-20H,2-12H2,1H3/t13-,14-,15?,16-,17-/m1/s1. The Kier molecular flexibility index (Phi) is 7.80. The van der Waals surface area contributed by atoms with Gasteiger partial charge in [0.15, 0.2) is 0 Å². The van der Waals surface area contributed by atoms with Gasteiger partial charge in [-0.25, -0.2) is 0 Å². The molecular weight excluding hydrogens is 296 g/mol. The zero-order valence-electron chi connectivity index (χ0n) is 14.3. The van der Waals surface area contributed by atoms with Crippen LogP contribution in [0.15, 0.2) is 0 Å². The number of aliphatic hydroxyl groups excluding tert-OH is 2. The Bertz CT molecular complexity index is 343. The van der Waals surface area contributed by atoms with Crippen LogP contribution in [0, 0.1) is 0 Å². The summed E-state index contributed by atoms with van der Waals surface area (Å²) in [6.07, 6.45) is 8.13. The molecule has 0 amide bonds. The van der Waals surface area contributed by atoms with E-state index in [0.717, 1.165) is 25.7 Å². The highest BCUT2D eigenvalue weighted by molar-refractivity contribution is 5.71. The predicted molar refractivity (Wildman–Crippen MR) is 87.0 cm³/mol. The van der Waals surface area contributed by atoms with Crippen LogP contribution in [0.3, 0.4) is 0 Å². The number of fused-ring (bicyclic) bond motifs is 2. The first-order chi connectivity index (χ1) is 11.1. The number of ether oxygens (including phenoxy) is 2. The fourth-order valence-electron chi connectivity index (χ4n) is 3.68. The summed E-state index contributed by atoms with van der Waals surface area (Å²) in [6.45, 7) is 2.19. The molecular formula is C18H32O5. The van der Waals surface area contributed by atoms with Crippen molar-refractivity contribution in [2.45, 2.75) is 108 Å². The summed E-state index contributed by atoms with van der Waals surface area (Å²) in [4.78, 5) is 11.3. The monoisotopic (exact) mass is 328 g/mol. The highest BCUT2D eigenvalue weighted by Crippen LogP contribution is 2.31. The highest BCUT2D eigenvalue weighted by atomic mass is 16.6. The van der Waals surface area contributed by atoms with E-state index in [2.05, 4.69) is 6.92 Å². The normalized spacial score (nSPS) is 29.9. The summed E-state index contributed by atoms with van der Waals surface area (Å²) in [5.41, 5.74) is 0. The minimum atomic E-state index is -0.555. The molecule has 2 N–H and O–H groups in total. The summed E-state index contributed by atoms with van der Waals surface area (Å²) in [6, 6.07) is 0. The zero-order chi connectivity index (χ0) is 16.7. The van der Waals surface area contributed by atoms with Gasteiger partial charge in [0.25, 0.3) is 0 Å². The third kappa shape index (κ3) is 6.77. The van der Waals surface area contributed by atoms with Crippen LogP contribution in [0.25, 0.3) is 0 Å². The molecule has 2 saturated heterocycles. The molecule has 5 nitrogen and oxygen atoms in total. The summed E-state index contributed by atoms with van der Waals surface area (Å²) in [7, 11) is 0. The van der Waals surface area contributed by atoms with E-state index in [0.29, 0.717) is 25.7 Å². The van der Waals surface area contributed by atoms with E-state index < -0.39 is 12.2 Å². The Morgan fingerprint density at radius 1 is 1.09 bits per heavy atom. The van der Waals surface area contributed by atoms with Gasteiger partial charge in [0.2, 0.25) is 0 Å². The van der Waals surface area contributed by atoms with E-state index in [1.54, 1.807) is 0 Å². The molecule has 2 aliphatic heterocycles. The molecule has 0 aliphatic carbocycles. The fourth-order valence-corrected chi connectivity index (χ4v) is 3.68. The first-order valence-electron chi connectivity index (χ1n) is 9.27. The quantitative estimate of drug-likeness (QED) is 0.476. The van der Waals surface area contributed by atoms with E-state index in [9.17, 15) is 15.0 Å². The SMILES string of the molecule is CCCCCCC[C@@H](O)C[C@@H](O)CC1C[C@@H]2C[C@H](CC(=O)O2)O1. The minimum absolute atomic E-state index is 0.0595. The van der Waals surface area contributed by atoms with Gasteiger partial charge in [-0.15, -0.1) is 0 Å². The van der Waals surface area contributed by atoms with Crippen molar-refractivity contribution in [3.63, 3.8) is 0 Å². The van der Waals surface area contributed by atoms with Gasteiger partial charge in [-0.2, -0.15) is 0 Å². The Balaban J connectivity index is 1.61. The van der Waals surface area contributed by atoms with E-state index in [1.807, 2.05) is 0 Å². The molecule has 0 aromatic rings. The molecule has 1 unspecified atom stereocenters. The van der Waals surface area contributed by atoms with Crippen molar-refractivity contribution in [2.75, 3.05) is 0 Å². The lowest BCUT2D eigenvalue weighted by atomic mass is 9.92. The molecule has 0 spiro atoms. The molecule has 0 aromatic carbocycles. The average Bonchev–Trinajstić information content (AvgIpc) is 2.45. The number of aliphatic hydroxyl groups is 2. The second-order valence-electron chi connectivity index (χ2n) is 7.15. The molecule has 23 heavy (non-hydrogen) atoms. The van der Waals surface area contributed by atoms with Crippen molar-refractivity contribution < 1.29 is 24.5 Å². The number of hydrogen-bond acceptors (Lipinski definition) is 5. The van der Waals surface area contributed by atoms with Crippen LogP contribution < -0.4 is 0 Å². The Morgan fingerprint density at radius 3 is 2.61 bits per heavy atom. The number of esters is 1.